The van der Waals surface area contributed by atoms with Crippen LogP contribution in [0.3, 0.4) is 0 Å². The number of benzene rings is 2. The lowest BCUT2D eigenvalue weighted by Crippen LogP contribution is -1.62. The van der Waals surface area contributed by atoms with Gasteiger partial charge in [-0.1, -0.05) is 72.3 Å². The molecule has 0 aliphatic rings. The van der Waals surface area contributed by atoms with E-state index in [1.165, 1.54) is 10.5 Å². The summed E-state index contributed by atoms with van der Waals surface area (Å²) < 4.78 is 0. The summed E-state index contributed by atoms with van der Waals surface area (Å²) in [7, 11) is 0. The lowest BCUT2D eigenvalue weighted by atomic mass is 10.2. The van der Waals surface area contributed by atoms with Crippen LogP contribution in [0.25, 0.3) is 16.0 Å². The Hall–Kier alpha value is -2.25. The molecule has 0 N–H and O–H groups in total. The van der Waals surface area contributed by atoms with Gasteiger partial charge in [-0.3, -0.25) is 4.91 Å². The Morgan fingerprint density at radius 2 is 0.938 bits per heavy atom. The van der Waals surface area contributed by atoms with Gasteiger partial charge in [-0.25, -0.2) is 0 Å². The van der Waals surface area contributed by atoms with E-state index in [-0.39, 0.29) is 0 Å². The fourth-order valence-corrected chi connectivity index (χ4v) is 0.919. The molecule has 3 heteroatoms. The smallest absolute Gasteiger partial charge is 0.0398 e. The first kappa shape index (κ1) is 13.8. The van der Waals surface area contributed by atoms with E-state index in [0.717, 1.165) is 0 Å². The minimum atomic E-state index is 1.32. The molecular weight excluding hydrogens is 198 g/mol. The second-order valence-electron chi connectivity index (χ2n) is 2.90. The van der Waals surface area contributed by atoms with Crippen molar-refractivity contribution in [3.8, 4) is 0 Å². The molecule has 2 aromatic carbocycles. The van der Waals surface area contributed by atoms with Crippen LogP contribution in [-0.2, 0) is 0 Å². The Morgan fingerprint density at radius 1 is 0.688 bits per heavy atom. The maximum atomic E-state index is 6.75. The summed E-state index contributed by atoms with van der Waals surface area (Å²) in [5.41, 5.74) is 14.8. The molecule has 3 nitrogen and oxygen atoms in total. The maximum Gasteiger partial charge on any atom is -0.0398 e. The Labute approximate surface area is 95.8 Å². The lowest BCUT2D eigenvalue weighted by Gasteiger charge is -1.82. The van der Waals surface area contributed by atoms with Crippen molar-refractivity contribution in [1.82, 2.24) is 0 Å². The van der Waals surface area contributed by atoms with Crippen LogP contribution in [-0.4, -0.2) is 0 Å². The number of rotatable bonds is 0. The van der Waals surface area contributed by atoms with Gasteiger partial charge in [0, 0.05) is 0 Å². The maximum absolute atomic E-state index is 6.75. The van der Waals surface area contributed by atoms with Crippen molar-refractivity contribution >= 4 is 0 Å². The average Bonchev–Trinajstić information content (AvgIpc) is 2.34. The van der Waals surface area contributed by atoms with Gasteiger partial charge in [-0.2, -0.15) is 0 Å². The summed E-state index contributed by atoms with van der Waals surface area (Å²) in [6.45, 7) is 2.08. The summed E-state index contributed by atoms with van der Waals surface area (Å²) in [6, 6.07) is 22.3. The van der Waals surface area contributed by atoms with Gasteiger partial charge in [0.2, 0.25) is 0 Å². The van der Waals surface area contributed by atoms with Crippen LogP contribution in [0.4, 0.5) is 0 Å². The third-order valence-corrected chi connectivity index (χ3v) is 1.61. The van der Waals surface area contributed by atoms with Crippen molar-refractivity contribution in [2.75, 3.05) is 0 Å². The van der Waals surface area contributed by atoms with Crippen LogP contribution in [0.1, 0.15) is 5.56 Å². The van der Waals surface area contributed by atoms with Gasteiger partial charge in [0.1, 0.15) is 0 Å². The van der Waals surface area contributed by atoms with E-state index < -0.39 is 0 Å². The highest BCUT2D eigenvalue weighted by Gasteiger charge is 1.72. The first-order valence-corrected chi connectivity index (χ1v) is 4.81. The molecule has 0 saturated heterocycles. The molecule has 0 bridgehead atoms. The molecule has 82 valence electrons. The highest BCUT2D eigenvalue weighted by Crippen LogP contribution is 1.92. The van der Waals surface area contributed by atoms with E-state index in [1.807, 2.05) is 54.6 Å². The second kappa shape index (κ2) is 10.8. The zero-order valence-corrected chi connectivity index (χ0v) is 9.19. The summed E-state index contributed by atoms with van der Waals surface area (Å²) in [5, 5.41) is 0. The van der Waals surface area contributed by atoms with Gasteiger partial charge in [0.05, 0.1) is 0 Å². The molecule has 0 aliphatic heterocycles. The largest absolute Gasteiger partial charge is 0.373 e. The highest BCUT2D eigenvalue weighted by atomic mass is 15.0. The Bertz CT molecular complexity index is 352. The van der Waals surface area contributed by atoms with E-state index in [4.69, 9.17) is 11.1 Å². The Kier molecular flexibility index (Phi) is 9.31. The van der Waals surface area contributed by atoms with Crippen LogP contribution in [0.15, 0.2) is 66.7 Å². The highest BCUT2D eigenvalue weighted by molar-refractivity contribution is 5.11. The average molecular weight is 212 g/mol. The Morgan fingerprint density at radius 3 is 1.12 bits per heavy atom. The summed E-state index contributed by atoms with van der Waals surface area (Å²) in [6.07, 6.45) is 0. The molecule has 2 aromatic rings. The van der Waals surface area contributed by atoms with Crippen LogP contribution in [0, 0.1) is 6.92 Å². The molecular formula is C13H14N3-. The van der Waals surface area contributed by atoms with Gasteiger partial charge in [0.25, 0.3) is 0 Å². The van der Waals surface area contributed by atoms with Gasteiger partial charge in [-0.15, -0.1) is 0 Å². The number of aryl methyl sites for hydroxylation is 1. The molecule has 0 heterocycles. The number of hydrogen-bond donors (Lipinski definition) is 0. The normalized spacial score (nSPS) is 7.31. The van der Waals surface area contributed by atoms with Crippen LogP contribution in [0.2, 0.25) is 0 Å². The molecule has 0 unspecified atom stereocenters. The van der Waals surface area contributed by atoms with Crippen molar-refractivity contribution in [3.05, 3.63) is 88.3 Å². The zero-order chi connectivity index (χ0) is 12.1. The van der Waals surface area contributed by atoms with E-state index in [9.17, 15) is 0 Å². The van der Waals surface area contributed by atoms with Crippen LogP contribution < -0.4 is 0 Å². The zero-order valence-electron chi connectivity index (χ0n) is 9.19. The fourth-order valence-electron chi connectivity index (χ4n) is 0.919. The van der Waals surface area contributed by atoms with Crippen molar-refractivity contribution in [1.29, 1.82) is 0 Å². The second-order valence-corrected chi connectivity index (χ2v) is 2.90. The third kappa shape index (κ3) is 9.84. The monoisotopic (exact) mass is 212 g/mol. The van der Waals surface area contributed by atoms with Crippen LogP contribution in [0.5, 0.6) is 0 Å². The predicted octanol–water partition coefficient (Wildman–Crippen LogP) is 4.55. The first-order valence-electron chi connectivity index (χ1n) is 4.81. The molecule has 0 radical (unpaired) electrons. The lowest BCUT2D eigenvalue weighted by molar-refractivity contribution is 1.48. The quantitative estimate of drug-likeness (QED) is 0.349. The van der Waals surface area contributed by atoms with Gasteiger partial charge in [0.15, 0.2) is 0 Å². The summed E-state index contributed by atoms with van der Waals surface area (Å²) >= 11 is 0. The molecule has 16 heavy (non-hydrogen) atoms. The minimum absolute atomic E-state index is 1.32. The molecule has 0 saturated carbocycles. The van der Waals surface area contributed by atoms with Crippen molar-refractivity contribution in [2.24, 2.45) is 0 Å². The predicted molar refractivity (Wildman–Crippen MR) is 67.7 cm³/mol. The first-order chi connectivity index (χ1) is 7.81. The number of nitrogens with zero attached hydrogens (tertiary/aromatic N) is 3. The molecule has 0 amide bonds. The molecule has 2 rings (SSSR count). The van der Waals surface area contributed by atoms with Gasteiger partial charge >= 0.3 is 0 Å². The minimum Gasteiger partial charge on any atom is -0.373 e. The van der Waals surface area contributed by atoms with Gasteiger partial charge < -0.3 is 11.1 Å². The van der Waals surface area contributed by atoms with E-state index in [2.05, 4.69) is 19.1 Å². The van der Waals surface area contributed by atoms with Crippen molar-refractivity contribution in [2.45, 2.75) is 6.92 Å². The summed E-state index contributed by atoms with van der Waals surface area (Å²) in [5.74, 6) is 0. The molecule has 0 fully saturated rings. The molecule has 0 spiro atoms. The van der Waals surface area contributed by atoms with E-state index >= 15 is 0 Å². The standard InChI is InChI=1S/C7H8.C6H6.N3/c1-7-5-3-2-4-6-7;1-2-4-6-5-3-1;1-3-2/h2-6H,1H3;1-6H;/q;;-1. The fraction of sp³-hybridized carbons (Fsp3) is 0.0769. The Balaban J connectivity index is 0.000000230. The SMILES string of the molecule is Cc1ccccc1.[N-]=[N+]=[N-].c1ccccc1. The van der Waals surface area contributed by atoms with Crippen molar-refractivity contribution < 1.29 is 0 Å². The topological polar surface area (TPSA) is 58.7 Å². The van der Waals surface area contributed by atoms with Crippen molar-refractivity contribution in [3.63, 3.8) is 0 Å². The number of hydrogen-bond acceptors (Lipinski definition) is 0. The van der Waals surface area contributed by atoms with Crippen LogP contribution >= 0.6 is 0 Å². The van der Waals surface area contributed by atoms with E-state index in [0.29, 0.717) is 0 Å². The van der Waals surface area contributed by atoms with E-state index in [1.54, 1.807) is 0 Å². The third-order valence-electron chi connectivity index (χ3n) is 1.61. The van der Waals surface area contributed by atoms with Gasteiger partial charge in [-0.05, 0) is 6.92 Å². The molecule has 0 atom stereocenters. The summed E-state index contributed by atoms with van der Waals surface area (Å²) in [4.78, 5) is 1.50. The molecule has 0 aliphatic carbocycles. The molecule has 0 aromatic heterocycles.